The number of allylic oxidation sites excluding steroid dienone is 2. The molecule has 0 aliphatic carbocycles. The number of amides is 1. The number of para-hydroxylation sites is 1. The van der Waals surface area contributed by atoms with Gasteiger partial charge in [-0.3, -0.25) is 14.4 Å². The Hall–Kier alpha value is -3.55. The van der Waals surface area contributed by atoms with E-state index in [1.807, 2.05) is 26.8 Å². The highest BCUT2D eigenvalue weighted by Gasteiger charge is 2.28. The number of rotatable bonds is 9. The van der Waals surface area contributed by atoms with E-state index < -0.39 is 11.6 Å². The van der Waals surface area contributed by atoms with Crippen LogP contribution in [0, 0.1) is 5.41 Å². The predicted octanol–water partition coefficient (Wildman–Crippen LogP) is 4.69. The molecule has 2 aromatic heterocycles. The highest BCUT2D eigenvalue weighted by atomic mass is 19.1. The van der Waals surface area contributed by atoms with E-state index in [1.54, 1.807) is 36.5 Å². The number of pyridine rings is 1. The average molecular weight is 453 g/mol. The van der Waals surface area contributed by atoms with Gasteiger partial charge in [-0.2, -0.15) is 0 Å². The van der Waals surface area contributed by atoms with Gasteiger partial charge < -0.3 is 14.9 Å². The van der Waals surface area contributed by atoms with Gasteiger partial charge in [0.15, 0.2) is 0 Å². The Labute approximate surface area is 191 Å². The largest absolute Gasteiger partial charge is 0.340 e. The summed E-state index contributed by atoms with van der Waals surface area (Å²) >= 11 is 0. The molecular weight excluding hydrogens is 423 g/mol. The van der Waals surface area contributed by atoms with Crippen LogP contribution in [0.3, 0.4) is 0 Å². The van der Waals surface area contributed by atoms with Gasteiger partial charge in [0.05, 0.1) is 17.6 Å². The van der Waals surface area contributed by atoms with Crippen molar-refractivity contribution in [1.29, 1.82) is 0 Å². The second-order valence-corrected chi connectivity index (χ2v) is 9.02. The molecule has 1 atom stereocenters. The normalized spacial score (nSPS) is 12.8. The first-order valence-corrected chi connectivity index (χ1v) is 10.9. The van der Waals surface area contributed by atoms with Crippen molar-refractivity contribution < 1.29 is 14.0 Å². The second kappa shape index (κ2) is 10.4. The van der Waals surface area contributed by atoms with Crippen molar-refractivity contribution >= 4 is 28.9 Å². The van der Waals surface area contributed by atoms with Crippen molar-refractivity contribution in [3.63, 3.8) is 0 Å². The summed E-state index contributed by atoms with van der Waals surface area (Å²) in [7, 11) is 0. The van der Waals surface area contributed by atoms with E-state index in [2.05, 4.69) is 15.3 Å². The van der Waals surface area contributed by atoms with Crippen molar-refractivity contribution in [3.8, 4) is 0 Å². The summed E-state index contributed by atoms with van der Waals surface area (Å²) in [6.45, 7) is 5.67. The molecule has 0 aliphatic heterocycles. The molecule has 2 heterocycles. The van der Waals surface area contributed by atoms with Crippen LogP contribution in [-0.2, 0) is 16.1 Å². The molecule has 33 heavy (non-hydrogen) atoms. The van der Waals surface area contributed by atoms with E-state index >= 15 is 4.39 Å². The topological polar surface area (TPSA) is 96.9 Å². The number of aromatic nitrogens is 3. The molecule has 1 unspecified atom stereocenters. The van der Waals surface area contributed by atoms with Crippen LogP contribution in [0.25, 0.3) is 11.0 Å². The van der Waals surface area contributed by atoms with Crippen molar-refractivity contribution in [2.75, 3.05) is 5.32 Å². The SMILES string of the molecule is CC(C)(C)C(F)c1cccc2[nH]c(Cn3cccc(NC(=O)CCC/C=C/C=O)c3=O)nc12. The zero-order valence-electron chi connectivity index (χ0n) is 19.1. The van der Waals surface area contributed by atoms with E-state index in [0.717, 1.165) is 0 Å². The average Bonchev–Trinajstić information content (AvgIpc) is 3.18. The lowest BCUT2D eigenvalue weighted by Gasteiger charge is -2.24. The van der Waals surface area contributed by atoms with E-state index in [9.17, 15) is 14.4 Å². The monoisotopic (exact) mass is 452 g/mol. The summed E-state index contributed by atoms with van der Waals surface area (Å²) in [4.78, 5) is 43.0. The summed E-state index contributed by atoms with van der Waals surface area (Å²) < 4.78 is 16.5. The Morgan fingerprint density at radius 3 is 2.79 bits per heavy atom. The number of anilines is 1. The first-order chi connectivity index (χ1) is 15.7. The molecule has 1 amide bonds. The summed E-state index contributed by atoms with van der Waals surface area (Å²) in [5.41, 5.74) is 1.02. The number of fused-ring (bicyclic) bond motifs is 1. The number of imidazole rings is 1. The number of benzene rings is 1. The summed E-state index contributed by atoms with van der Waals surface area (Å²) in [5.74, 6) is 0.250. The van der Waals surface area contributed by atoms with Crippen molar-refractivity contribution in [3.05, 3.63) is 70.4 Å². The van der Waals surface area contributed by atoms with Gasteiger partial charge >= 0.3 is 0 Å². The highest BCUT2D eigenvalue weighted by Crippen LogP contribution is 2.38. The maximum atomic E-state index is 15.0. The molecule has 0 fully saturated rings. The van der Waals surface area contributed by atoms with Gasteiger partial charge in [0.1, 0.15) is 24.0 Å². The molecule has 0 bridgehead atoms. The fraction of sp³-hybridized carbons (Fsp3) is 0.360. The van der Waals surface area contributed by atoms with Crippen LogP contribution in [-0.4, -0.2) is 26.7 Å². The third-order valence-electron chi connectivity index (χ3n) is 5.23. The predicted molar refractivity (Wildman–Crippen MR) is 127 cm³/mol. The summed E-state index contributed by atoms with van der Waals surface area (Å²) in [6.07, 6.45) is 5.62. The number of unbranched alkanes of at least 4 members (excludes halogenated alkanes) is 1. The third-order valence-corrected chi connectivity index (χ3v) is 5.23. The molecule has 0 saturated heterocycles. The van der Waals surface area contributed by atoms with E-state index in [1.165, 1.54) is 10.6 Å². The molecule has 0 radical (unpaired) electrons. The van der Waals surface area contributed by atoms with Crippen LogP contribution in [0.15, 0.2) is 53.5 Å². The molecular formula is C25H29FN4O3. The number of hydrogen-bond donors (Lipinski definition) is 2. The molecule has 0 saturated carbocycles. The number of halogens is 1. The Morgan fingerprint density at radius 2 is 2.06 bits per heavy atom. The standard InChI is InChI=1S/C25H29FN4O3/c1-25(2,3)23(26)17-10-8-11-18-22(17)29-20(27-18)16-30-14-9-12-19(24(30)33)28-21(32)13-6-4-5-7-15-31/h5,7-12,14-15,23H,4,6,13,16H2,1-3H3,(H,27,29)(H,28,32)/b7-5+. The van der Waals surface area contributed by atoms with Gasteiger partial charge in [0.2, 0.25) is 5.91 Å². The number of nitrogens with zero attached hydrogens (tertiary/aromatic N) is 2. The van der Waals surface area contributed by atoms with Crippen LogP contribution < -0.4 is 10.9 Å². The smallest absolute Gasteiger partial charge is 0.274 e. The van der Waals surface area contributed by atoms with Gasteiger partial charge in [0, 0.05) is 18.2 Å². The minimum absolute atomic E-state index is 0.152. The first-order valence-electron chi connectivity index (χ1n) is 10.9. The number of hydrogen-bond acceptors (Lipinski definition) is 4. The highest BCUT2D eigenvalue weighted by molar-refractivity contribution is 5.90. The number of nitrogens with one attached hydrogen (secondary N) is 2. The van der Waals surface area contributed by atoms with Crippen LogP contribution in [0.4, 0.5) is 10.1 Å². The van der Waals surface area contributed by atoms with Crippen LogP contribution in [0.5, 0.6) is 0 Å². The zero-order chi connectivity index (χ0) is 24.0. The third kappa shape index (κ3) is 6.03. The van der Waals surface area contributed by atoms with Crippen molar-refractivity contribution in [2.24, 2.45) is 5.41 Å². The van der Waals surface area contributed by atoms with Gasteiger partial charge in [-0.05, 0) is 42.5 Å². The summed E-state index contributed by atoms with van der Waals surface area (Å²) in [5, 5.41) is 2.65. The number of carbonyl (C=O) groups is 2. The van der Waals surface area contributed by atoms with Gasteiger partial charge in [0.25, 0.3) is 5.56 Å². The van der Waals surface area contributed by atoms with Gasteiger partial charge in [-0.1, -0.05) is 39.0 Å². The minimum Gasteiger partial charge on any atom is -0.340 e. The zero-order valence-corrected chi connectivity index (χ0v) is 19.1. The molecule has 174 valence electrons. The molecule has 0 spiro atoms. The lowest BCUT2D eigenvalue weighted by Crippen LogP contribution is -2.26. The maximum absolute atomic E-state index is 15.0. The summed E-state index contributed by atoms with van der Waals surface area (Å²) in [6, 6.07) is 8.58. The van der Waals surface area contributed by atoms with Crippen molar-refractivity contribution in [1.82, 2.24) is 14.5 Å². The molecule has 2 N–H and O–H groups in total. The Morgan fingerprint density at radius 1 is 1.27 bits per heavy atom. The fourth-order valence-electron chi connectivity index (χ4n) is 3.51. The van der Waals surface area contributed by atoms with Crippen molar-refractivity contribution in [2.45, 2.75) is 52.8 Å². The molecule has 0 aliphatic rings. The number of aromatic amines is 1. The van der Waals surface area contributed by atoms with E-state index in [4.69, 9.17) is 0 Å². The minimum atomic E-state index is -1.19. The second-order valence-electron chi connectivity index (χ2n) is 9.02. The molecule has 7 nitrogen and oxygen atoms in total. The number of alkyl halides is 1. The number of aldehydes is 1. The van der Waals surface area contributed by atoms with Gasteiger partial charge in [-0.15, -0.1) is 0 Å². The van der Waals surface area contributed by atoms with Gasteiger partial charge in [-0.25, -0.2) is 9.37 Å². The quantitative estimate of drug-likeness (QED) is 0.280. The Balaban J connectivity index is 1.76. The molecule has 3 aromatic rings. The lowest BCUT2D eigenvalue weighted by atomic mass is 9.85. The molecule has 3 rings (SSSR count). The fourth-order valence-corrected chi connectivity index (χ4v) is 3.51. The molecule has 1 aromatic carbocycles. The van der Waals surface area contributed by atoms with Crippen LogP contribution in [0.1, 0.15) is 57.6 Å². The van der Waals surface area contributed by atoms with Crippen LogP contribution in [0.2, 0.25) is 0 Å². The molecule has 8 heteroatoms. The van der Waals surface area contributed by atoms with Crippen LogP contribution >= 0.6 is 0 Å². The van der Waals surface area contributed by atoms with E-state index in [0.29, 0.717) is 41.5 Å². The Kier molecular flexibility index (Phi) is 7.58. The number of H-pyrrole nitrogens is 1. The Bertz CT molecular complexity index is 1220. The van der Waals surface area contributed by atoms with E-state index in [-0.39, 0.29) is 30.1 Å². The maximum Gasteiger partial charge on any atom is 0.274 e. The number of carbonyl (C=O) groups excluding carboxylic acids is 2. The lowest BCUT2D eigenvalue weighted by molar-refractivity contribution is -0.116. The first kappa shape index (κ1) is 24.1.